The van der Waals surface area contributed by atoms with E-state index in [2.05, 4.69) is 10.2 Å². The number of carbonyl (C=O) groups is 1. The Bertz CT molecular complexity index is 950. The Hall–Kier alpha value is -2.57. The van der Waals surface area contributed by atoms with Crippen LogP contribution in [0.4, 0.5) is 5.82 Å². The maximum atomic E-state index is 12.4. The van der Waals surface area contributed by atoms with Gasteiger partial charge in [0.15, 0.2) is 0 Å². The Kier molecular flexibility index (Phi) is 5.27. The molecule has 0 atom stereocenters. The van der Waals surface area contributed by atoms with Crippen LogP contribution in [0, 0.1) is 0 Å². The first-order chi connectivity index (χ1) is 13.2. The quantitative estimate of drug-likeness (QED) is 0.734. The van der Waals surface area contributed by atoms with E-state index in [-0.39, 0.29) is 12.5 Å². The maximum absolute atomic E-state index is 12.4. The number of aromatic nitrogens is 2. The standard InChI is InChI=1S/C20H21ClN4O2/c21-17-4-2-1-3-16(17)13-22-19(26)14-25-8-7-15-5-6-18(23-20(15)25)24-9-11-27-12-10-24/h1-8H,9-14H2,(H,22,26). The third kappa shape index (κ3) is 4.07. The number of halogens is 1. The van der Waals surface area contributed by atoms with E-state index in [1.807, 2.05) is 53.2 Å². The van der Waals surface area contributed by atoms with Crippen molar-refractivity contribution < 1.29 is 9.53 Å². The first-order valence-electron chi connectivity index (χ1n) is 8.99. The van der Waals surface area contributed by atoms with E-state index >= 15 is 0 Å². The SMILES string of the molecule is O=C(Cn1ccc2ccc(N3CCOCC3)nc21)NCc1ccccc1Cl. The van der Waals surface area contributed by atoms with Crippen molar-refractivity contribution in [2.24, 2.45) is 0 Å². The van der Waals surface area contributed by atoms with E-state index < -0.39 is 0 Å². The van der Waals surface area contributed by atoms with Crippen LogP contribution in [-0.2, 0) is 22.6 Å². The van der Waals surface area contributed by atoms with Gasteiger partial charge in [-0.2, -0.15) is 0 Å². The van der Waals surface area contributed by atoms with Gasteiger partial charge in [-0.05, 0) is 29.8 Å². The third-order valence-corrected chi connectivity index (χ3v) is 5.05. The van der Waals surface area contributed by atoms with Crippen LogP contribution in [0.3, 0.4) is 0 Å². The summed E-state index contributed by atoms with van der Waals surface area (Å²) < 4.78 is 7.28. The second-order valence-electron chi connectivity index (χ2n) is 6.49. The lowest BCUT2D eigenvalue weighted by molar-refractivity contribution is -0.121. The fourth-order valence-electron chi connectivity index (χ4n) is 3.19. The van der Waals surface area contributed by atoms with E-state index in [9.17, 15) is 4.79 Å². The summed E-state index contributed by atoms with van der Waals surface area (Å²) in [6.45, 7) is 3.71. The second kappa shape index (κ2) is 7.98. The van der Waals surface area contributed by atoms with Gasteiger partial charge in [0.25, 0.3) is 0 Å². The van der Waals surface area contributed by atoms with Crippen molar-refractivity contribution in [3.63, 3.8) is 0 Å². The topological polar surface area (TPSA) is 59.4 Å². The molecular weight excluding hydrogens is 364 g/mol. The second-order valence-corrected chi connectivity index (χ2v) is 6.90. The normalized spacial score (nSPS) is 14.5. The fourth-order valence-corrected chi connectivity index (χ4v) is 3.40. The van der Waals surface area contributed by atoms with E-state index in [1.54, 1.807) is 0 Å². The molecule has 0 saturated carbocycles. The highest BCUT2D eigenvalue weighted by atomic mass is 35.5. The van der Waals surface area contributed by atoms with Crippen LogP contribution in [0.25, 0.3) is 11.0 Å². The molecule has 1 amide bonds. The molecule has 140 valence electrons. The number of nitrogens with one attached hydrogen (secondary N) is 1. The van der Waals surface area contributed by atoms with Crippen LogP contribution in [0.15, 0.2) is 48.7 Å². The fraction of sp³-hybridized carbons (Fsp3) is 0.300. The first kappa shape index (κ1) is 17.8. The van der Waals surface area contributed by atoms with Crippen LogP contribution >= 0.6 is 11.6 Å². The van der Waals surface area contributed by atoms with Crippen molar-refractivity contribution in [1.82, 2.24) is 14.9 Å². The van der Waals surface area contributed by atoms with E-state index in [1.165, 1.54) is 0 Å². The number of fused-ring (bicyclic) bond motifs is 1. The third-order valence-electron chi connectivity index (χ3n) is 4.68. The van der Waals surface area contributed by atoms with Gasteiger partial charge in [-0.15, -0.1) is 0 Å². The molecule has 1 saturated heterocycles. The van der Waals surface area contributed by atoms with Gasteiger partial charge in [-0.1, -0.05) is 29.8 Å². The molecule has 0 unspecified atom stereocenters. The molecule has 0 bridgehead atoms. The maximum Gasteiger partial charge on any atom is 0.240 e. The van der Waals surface area contributed by atoms with Crippen molar-refractivity contribution in [3.05, 3.63) is 59.2 Å². The van der Waals surface area contributed by atoms with Crippen molar-refractivity contribution in [3.8, 4) is 0 Å². The van der Waals surface area contributed by atoms with Crippen LogP contribution in [0.5, 0.6) is 0 Å². The lowest BCUT2D eigenvalue weighted by Crippen LogP contribution is -2.36. The monoisotopic (exact) mass is 384 g/mol. The average molecular weight is 385 g/mol. The molecule has 4 rings (SSSR count). The molecule has 7 heteroatoms. The summed E-state index contributed by atoms with van der Waals surface area (Å²) in [7, 11) is 0. The van der Waals surface area contributed by atoms with E-state index in [4.69, 9.17) is 21.3 Å². The minimum atomic E-state index is -0.0778. The molecule has 3 aromatic rings. The minimum absolute atomic E-state index is 0.0778. The highest BCUT2D eigenvalue weighted by molar-refractivity contribution is 6.31. The average Bonchev–Trinajstić information content (AvgIpc) is 3.10. The number of morpholine rings is 1. The molecular formula is C20H21ClN4O2. The molecule has 27 heavy (non-hydrogen) atoms. The number of carbonyl (C=O) groups excluding carboxylic acids is 1. The number of benzene rings is 1. The summed E-state index contributed by atoms with van der Waals surface area (Å²) in [4.78, 5) is 19.4. The molecule has 1 aliphatic heterocycles. The number of rotatable bonds is 5. The predicted octanol–water partition coefficient (Wildman–Crippen LogP) is 2.84. The molecule has 2 aromatic heterocycles. The summed E-state index contributed by atoms with van der Waals surface area (Å²) >= 11 is 6.14. The summed E-state index contributed by atoms with van der Waals surface area (Å²) in [5.41, 5.74) is 1.71. The largest absolute Gasteiger partial charge is 0.378 e. The Morgan fingerprint density at radius 3 is 2.78 bits per heavy atom. The number of anilines is 1. The summed E-state index contributed by atoms with van der Waals surface area (Å²) in [6.07, 6.45) is 1.90. The van der Waals surface area contributed by atoms with Gasteiger partial charge < -0.3 is 19.5 Å². The lowest BCUT2D eigenvalue weighted by Gasteiger charge is -2.27. The van der Waals surface area contributed by atoms with E-state index in [0.717, 1.165) is 35.5 Å². The first-order valence-corrected chi connectivity index (χ1v) is 9.37. The van der Waals surface area contributed by atoms with Gasteiger partial charge in [0.1, 0.15) is 18.0 Å². The zero-order valence-electron chi connectivity index (χ0n) is 14.9. The zero-order chi connectivity index (χ0) is 18.6. The van der Waals surface area contributed by atoms with Gasteiger partial charge >= 0.3 is 0 Å². The number of nitrogens with zero attached hydrogens (tertiary/aromatic N) is 3. The van der Waals surface area contributed by atoms with Gasteiger partial charge in [-0.25, -0.2) is 4.98 Å². The Labute approximate surface area is 162 Å². The summed E-state index contributed by atoms with van der Waals surface area (Å²) in [6, 6.07) is 13.6. The number of ether oxygens (including phenoxy) is 1. The number of amides is 1. The lowest BCUT2D eigenvalue weighted by atomic mass is 10.2. The molecule has 0 radical (unpaired) electrons. The van der Waals surface area contributed by atoms with Gasteiger partial charge in [0, 0.05) is 36.2 Å². The smallest absolute Gasteiger partial charge is 0.240 e. The van der Waals surface area contributed by atoms with Crippen molar-refractivity contribution in [2.45, 2.75) is 13.1 Å². The van der Waals surface area contributed by atoms with Crippen LogP contribution in [0.2, 0.25) is 5.02 Å². The van der Waals surface area contributed by atoms with Crippen LogP contribution in [0.1, 0.15) is 5.56 Å². The van der Waals surface area contributed by atoms with E-state index in [0.29, 0.717) is 24.8 Å². The molecule has 1 N–H and O–H groups in total. The summed E-state index contributed by atoms with van der Waals surface area (Å²) in [5, 5.41) is 4.59. The van der Waals surface area contributed by atoms with Gasteiger partial charge in [-0.3, -0.25) is 4.79 Å². The Morgan fingerprint density at radius 1 is 1.15 bits per heavy atom. The van der Waals surface area contributed by atoms with Gasteiger partial charge in [0.2, 0.25) is 5.91 Å². The van der Waals surface area contributed by atoms with Gasteiger partial charge in [0.05, 0.1) is 13.2 Å². The molecule has 1 fully saturated rings. The highest BCUT2D eigenvalue weighted by Gasteiger charge is 2.14. The molecule has 6 nitrogen and oxygen atoms in total. The minimum Gasteiger partial charge on any atom is -0.378 e. The molecule has 0 aliphatic carbocycles. The molecule has 1 aromatic carbocycles. The number of hydrogen-bond donors (Lipinski definition) is 1. The summed E-state index contributed by atoms with van der Waals surface area (Å²) in [5.74, 6) is 0.841. The number of hydrogen-bond acceptors (Lipinski definition) is 4. The predicted molar refractivity (Wildman–Crippen MR) is 106 cm³/mol. The zero-order valence-corrected chi connectivity index (χ0v) is 15.7. The Balaban J connectivity index is 1.46. The molecule has 1 aliphatic rings. The van der Waals surface area contributed by atoms with Crippen molar-refractivity contribution >= 4 is 34.4 Å². The molecule has 3 heterocycles. The number of pyridine rings is 1. The van der Waals surface area contributed by atoms with Crippen LogP contribution in [-0.4, -0.2) is 41.8 Å². The Morgan fingerprint density at radius 2 is 1.96 bits per heavy atom. The van der Waals surface area contributed by atoms with Crippen LogP contribution < -0.4 is 10.2 Å². The molecule has 0 spiro atoms. The highest BCUT2D eigenvalue weighted by Crippen LogP contribution is 2.20. The van der Waals surface area contributed by atoms with Crippen molar-refractivity contribution in [1.29, 1.82) is 0 Å². The van der Waals surface area contributed by atoms with Crippen molar-refractivity contribution in [2.75, 3.05) is 31.2 Å².